The van der Waals surface area contributed by atoms with E-state index in [9.17, 15) is 0 Å². The van der Waals surface area contributed by atoms with Crippen molar-refractivity contribution in [3.8, 4) is 44.5 Å². The summed E-state index contributed by atoms with van der Waals surface area (Å²) >= 11 is 0. The number of rotatable bonds is 3. The first-order valence-electron chi connectivity index (χ1n) is 17.3. The molecule has 0 aliphatic heterocycles. The molecule has 10 rings (SSSR count). The molecule has 0 unspecified atom stereocenters. The molecule has 0 atom stereocenters. The van der Waals surface area contributed by atoms with Gasteiger partial charge < -0.3 is 0 Å². The van der Waals surface area contributed by atoms with Gasteiger partial charge in [-0.25, -0.2) is 0 Å². The summed E-state index contributed by atoms with van der Waals surface area (Å²) in [5, 5.41) is 10.2. The third kappa shape index (κ3) is 4.17. The van der Waals surface area contributed by atoms with Crippen LogP contribution in [0.1, 0.15) is 25.0 Å². The molecule has 9 aromatic carbocycles. The minimum atomic E-state index is -0.0761. The molecule has 0 N–H and O–H groups in total. The minimum absolute atomic E-state index is 0.0761. The Morgan fingerprint density at radius 1 is 0.306 bits per heavy atom. The van der Waals surface area contributed by atoms with Crippen molar-refractivity contribution >= 4 is 43.1 Å². The first-order chi connectivity index (χ1) is 24.1. The molecule has 0 fully saturated rings. The third-order valence-electron chi connectivity index (χ3n) is 11.0. The highest BCUT2D eigenvalue weighted by molar-refractivity contribution is 6.22. The monoisotopic (exact) mass is 622 g/mol. The molecule has 9 aromatic rings. The van der Waals surface area contributed by atoms with Crippen LogP contribution in [0.2, 0.25) is 0 Å². The molecule has 0 heterocycles. The Bertz CT molecular complexity index is 2740. The highest BCUT2D eigenvalue weighted by Crippen LogP contribution is 2.53. The van der Waals surface area contributed by atoms with Gasteiger partial charge in [0.15, 0.2) is 0 Å². The molecule has 1 aliphatic rings. The fourth-order valence-corrected chi connectivity index (χ4v) is 8.65. The number of hydrogen-bond donors (Lipinski definition) is 0. The largest absolute Gasteiger partial charge is 0.0616 e. The molecule has 0 spiro atoms. The van der Waals surface area contributed by atoms with Gasteiger partial charge in [0.2, 0.25) is 0 Å². The van der Waals surface area contributed by atoms with E-state index in [0.29, 0.717) is 0 Å². The number of benzene rings is 9. The van der Waals surface area contributed by atoms with Gasteiger partial charge in [0.25, 0.3) is 0 Å². The molecule has 0 aromatic heterocycles. The van der Waals surface area contributed by atoms with Gasteiger partial charge in [-0.2, -0.15) is 0 Å². The van der Waals surface area contributed by atoms with Crippen LogP contribution < -0.4 is 0 Å². The van der Waals surface area contributed by atoms with Crippen LogP contribution in [-0.2, 0) is 5.41 Å². The van der Waals surface area contributed by atoms with Crippen molar-refractivity contribution < 1.29 is 0 Å². The van der Waals surface area contributed by atoms with Crippen molar-refractivity contribution in [2.75, 3.05) is 0 Å². The fraction of sp³-hybridized carbons (Fsp3) is 0.0612. The summed E-state index contributed by atoms with van der Waals surface area (Å²) < 4.78 is 0. The molecule has 0 heteroatoms. The predicted molar refractivity (Wildman–Crippen MR) is 210 cm³/mol. The van der Waals surface area contributed by atoms with Gasteiger partial charge in [0, 0.05) is 5.41 Å². The van der Waals surface area contributed by atoms with Gasteiger partial charge in [-0.05, 0) is 123 Å². The first kappa shape index (κ1) is 28.1. The Hall–Kier alpha value is -5.98. The van der Waals surface area contributed by atoms with Crippen molar-refractivity contribution in [1.29, 1.82) is 0 Å². The Morgan fingerprint density at radius 3 is 1.47 bits per heavy atom. The zero-order chi connectivity index (χ0) is 32.7. The second-order valence-electron chi connectivity index (χ2n) is 14.1. The molecule has 0 bridgehead atoms. The molecular formula is C49H34. The molecule has 49 heavy (non-hydrogen) atoms. The van der Waals surface area contributed by atoms with E-state index in [0.717, 1.165) is 0 Å². The van der Waals surface area contributed by atoms with Crippen LogP contribution in [-0.4, -0.2) is 0 Å². The highest BCUT2D eigenvalue weighted by Gasteiger charge is 2.37. The van der Waals surface area contributed by atoms with Gasteiger partial charge in [0.1, 0.15) is 0 Å². The van der Waals surface area contributed by atoms with Crippen molar-refractivity contribution in [3.05, 3.63) is 181 Å². The molecule has 0 saturated heterocycles. The van der Waals surface area contributed by atoms with Crippen LogP contribution >= 0.6 is 0 Å². The van der Waals surface area contributed by atoms with E-state index in [1.165, 1.54) is 98.7 Å². The van der Waals surface area contributed by atoms with E-state index >= 15 is 0 Å². The maximum absolute atomic E-state index is 2.42. The lowest BCUT2D eigenvalue weighted by Gasteiger charge is -2.22. The van der Waals surface area contributed by atoms with Gasteiger partial charge in [-0.1, -0.05) is 159 Å². The summed E-state index contributed by atoms with van der Waals surface area (Å²) in [4.78, 5) is 0. The Balaban J connectivity index is 1.21. The predicted octanol–water partition coefficient (Wildman–Crippen LogP) is 13.6. The lowest BCUT2D eigenvalue weighted by molar-refractivity contribution is 0.661. The molecule has 0 amide bonds. The molecule has 0 radical (unpaired) electrons. The van der Waals surface area contributed by atoms with Gasteiger partial charge in [-0.3, -0.25) is 0 Å². The van der Waals surface area contributed by atoms with E-state index in [1.807, 2.05) is 0 Å². The zero-order valence-electron chi connectivity index (χ0n) is 27.7. The van der Waals surface area contributed by atoms with Crippen molar-refractivity contribution in [2.45, 2.75) is 19.3 Å². The van der Waals surface area contributed by atoms with Crippen LogP contribution in [0.25, 0.3) is 87.6 Å². The van der Waals surface area contributed by atoms with Crippen molar-refractivity contribution in [2.24, 2.45) is 0 Å². The van der Waals surface area contributed by atoms with Gasteiger partial charge in [-0.15, -0.1) is 0 Å². The lowest BCUT2D eigenvalue weighted by Crippen LogP contribution is -2.14. The van der Waals surface area contributed by atoms with Gasteiger partial charge in [0.05, 0.1) is 0 Å². The fourth-order valence-electron chi connectivity index (χ4n) is 8.65. The summed E-state index contributed by atoms with van der Waals surface area (Å²) in [7, 11) is 0. The second-order valence-corrected chi connectivity index (χ2v) is 14.1. The molecular weight excluding hydrogens is 589 g/mol. The quantitative estimate of drug-likeness (QED) is 0.172. The third-order valence-corrected chi connectivity index (χ3v) is 11.0. The van der Waals surface area contributed by atoms with Gasteiger partial charge >= 0.3 is 0 Å². The summed E-state index contributed by atoms with van der Waals surface area (Å²) in [6.45, 7) is 4.75. The maximum atomic E-state index is 2.42. The SMILES string of the molecule is CC1(C)c2cc3ccccc3cc2-c2c(-c3cccc(-c4c5ccccc5c(-c5ccc6ccccc6c5)c5ccccc45)c3)cccc21. The second kappa shape index (κ2) is 10.5. The smallest absolute Gasteiger partial charge is 0.0159 e. The normalized spacial score (nSPS) is 13.3. The first-order valence-corrected chi connectivity index (χ1v) is 17.3. The molecule has 0 nitrogen and oxygen atoms in total. The average Bonchev–Trinajstić information content (AvgIpc) is 3.38. The van der Waals surface area contributed by atoms with E-state index < -0.39 is 0 Å². The van der Waals surface area contributed by atoms with E-state index in [1.54, 1.807) is 0 Å². The number of hydrogen-bond acceptors (Lipinski definition) is 0. The highest BCUT2D eigenvalue weighted by atomic mass is 14.4. The van der Waals surface area contributed by atoms with Crippen molar-refractivity contribution in [1.82, 2.24) is 0 Å². The molecule has 0 saturated carbocycles. The lowest BCUT2D eigenvalue weighted by atomic mass is 9.81. The van der Waals surface area contributed by atoms with Crippen molar-refractivity contribution in [3.63, 3.8) is 0 Å². The summed E-state index contributed by atoms with van der Waals surface area (Å²) in [5.41, 5.74) is 13.1. The number of fused-ring (bicyclic) bond motifs is 7. The summed E-state index contributed by atoms with van der Waals surface area (Å²) in [6.07, 6.45) is 0. The maximum Gasteiger partial charge on any atom is 0.0159 e. The van der Waals surface area contributed by atoms with Crippen LogP contribution in [0.5, 0.6) is 0 Å². The van der Waals surface area contributed by atoms with E-state index in [2.05, 4.69) is 184 Å². The summed E-state index contributed by atoms with van der Waals surface area (Å²) in [5.74, 6) is 0. The Kier molecular flexibility index (Phi) is 6.02. The van der Waals surface area contributed by atoms with Crippen LogP contribution in [0, 0.1) is 0 Å². The average molecular weight is 623 g/mol. The Labute approximate surface area is 286 Å². The molecule has 230 valence electrons. The standard InChI is InChI=1S/C49H34/c1-49(2)44-24-12-23-38(48(44)43-29-33-15-5-6-16-34(33)30-45(43)49)35-17-11-18-36(28-35)46-39-19-7-9-21-41(39)47(42-22-10-8-20-40(42)46)37-26-25-31-13-3-4-14-32(31)27-37/h3-30H,1-2H3. The topological polar surface area (TPSA) is 0 Å². The summed E-state index contributed by atoms with van der Waals surface area (Å²) in [6, 6.07) is 63.2. The van der Waals surface area contributed by atoms with Crippen LogP contribution in [0.4, 0.5) is 0 Å². The van der Waals surface area contributed by atoms with E-state index in [4.69, 9.17) is 0 Å². The van der Waals surface area contributed by atoms with Crippen LogP contribution in [0.15, 0.2) is 170 Å². The Morgan fingerprint density at radius 2 is 0.816 bits per heavy atom. The van der Waals surface area contributed by atoms with Crippen LogP contribution in [0.3, 0.4) is 0 Å². The van der Waals surface area contributed by atoms with E-state index in [-0.39, 0.29) is 5.41 Å². The molecule has 1 aliphatic carbocycles. The zero-order valence-corrected chi connectivity index (χ0v) is 27.7. The minimum Gasteiger partial charge on any atom is -0.0616 e.